The Hall–Kier alpha value is -2.77. The third kappa shape index (κ3) is 5.29. The predicted octanol–water partition coefficient (Wildman–Crippen LogP) is 4.10. The Kier molecular flexibility index (Phi) is 6.34. The number of carbonyl (C=O) groups is 1. The van der Waals surface area contributed by atoms with Gasteiger partial charge in [0.15, 0.2) is 0 Å². The zero-order valence-electron chi connectivity index (χ0n) is 17.3. The monoisotopic (exact) mass is 432 g/mol. The summed E-state index contributed by atoms with van der Waals surface area (Å²) in [5, 5.41) is 3.19. The van der Waals surface area contributed by atoms with Crippen molar-refractivity contribution in [2.24, 2.45) is 5.92 Å². The van der Waals surface area contributed by atoms with Gasteiger partial charge in [0.05, 0.1) is 5.56 Å². The second-order valence-electron chi connectivity index (χ2n) is 8.31. The number of alkyl halides is 3. The number of nitrogens with one attached hydrogen (secondary N) is 1. The fourth-order valence-electron chi connectivity index (χ4n) is 4.46. The summed E-state index contributed by atoms with van der Waals surface area (Å²) in [5.41, 5.74) is 1.25. The molecule has 0 radical (unpaired) electrons. The predicted molar refractivity (Wildman–Crippen MR) is 114 cm³/mol. The molecule has 1 aromatic heterocycles. The van der Waals surface area contributed by atoms with Gasteiger partial charge in [-0.2, -0.15) is 13.2 Å². The minimum absolute atomic E-state index is 0.000433. The van der Waals surface area contributed by atoms with E-state index >= 15 is 0 Å². The number of aromatic nitrogens is 1. The molecule has 8 heteroatoms. The summed E-state index contributed by atoms with van der Waals surface area (Å²) in [6.07, 6.45) is 2.63. The van der Waals surface area contributed by atoms with E-state index in [1.807, 2.05) is 12.1 Å². The van der Waals surface area contributed by atoms with Gasteiger partial charge in [-0.25, -0.2) is 0 Å². The van der Waals surface area contributed by atoms with Crippen LogP contribution in [0, 0.1) is 5.92 Å². The number of hydrogen-bond acceptors (Lipinski definition) is 4. The summed E-state index contributed by atoms with van der Waals surface area (Å²) in [6.45, 7) is 3.07. The maximum absolute atomic E-state index is 12.8. The van der Waals surface area contributed by atoms with Gasteiger partial charge in [-0.15, -0.1) is 0 Å². The van der Waals surface area contributed by atoms with E-state index in [1.54, 1.807) is 12.4 Å². The van der Waals surface area contributed by atoms with Gasteiger partial charge in [0.2, 0.25) is 5.91 Å². The molecule has 1 atom stereocenters. The van der Waals surface area contributed by atoms with Gasteiger partial charge < -0.3 is 15.1 Å². The third-order valence-electron chi connectivity index (χ3n) is 6.22. The molecule has 3 heterocycles. The molecular weight excluding hydrogens is 405 g/mol. The van der Waals surface area contributed by atoms with Crippen molar-refractivity contribution >= 4 is 17.3 Å². The minimum atomic E-state index is -4.33. The van der Waals surface area contributed by atoms with Crippen molar-refractivity contribution in [3.05, 3.63) is 54.4 Å². The van der Waals surface area contributed by atoms with Gasteiger partial charge in [-0.1, -0.05) is 0 Å². The van der Waals surface area contributed by atoms with Gasteiger partial charge in [0.1, 0.15) is 0 Å². The van der Waals surface area contributed by atoms with Crippen LogP contribution in [0.2, 0.25) is 0 Å². The van der Waals surface area contributed by atoms with Crippen LogP contribution in [0.1, 0.15) is 31.2 Å². The topological polar surface area (TPSA) is 48.5 Å². The molecule has 1 amide bonds. The average Bonchev–Trinajstić information content (AvgIpc) is 2.79. The Morgan fingerprint density at radius 3 is 2.19 bits per heavy atom. The third-order valence-corrected chi connectivity index (χ3v) is 6.22. The zero-order chi connectivity index (χ0) is 21.8. The van der Waals surface area contributed by atoms with E-state index in [4.69, 9.17) is 0 Å². The zero-order valence-corrected chi connectivity index (χ0v) is 17.3. The maximum atomic E-state index is 12.8. The number of amides is 1. The van der Waals surface area contributed by atoms with Crippen molar-refractivity contribution in [2.45, 2.75) is 37.9 Å². The summed E-state index contributed by atoms with van der Waals surface area (Å²) in [7, 11) is 0. The highest BCUT2D eigenvalue weighted by Gasteiger charge is 2.31. The first-order valence-corrected chi connectivity index (χ1v) is 10.8. The van der Waals surface area contributed by atoms with E-state index in [0.29, 0.717) is 6.54 Å². The highest BCUT2D eigenvalue weighted by Crippen LogP contribution is 2.31. The van der Waals surface area contributed by atoms with Crippen molar-refractivity contribution in [3.8, 4) is 0 Å². The van der Waals surface area contributed by atoms with Crippen LogP contribution in [-0.4, -0.2) is 43.1 Å². The lowest BCUT2D eigenvalue weighted by molar-refractivity contribution is -0.137. The van der Waals surface area contributed by atoms with Gasteiger partial charge in [-0.3, -0.25) is 9.78 Å². The number of piperidine rings is 2. The average molecular weight is 432 g/mol. The Labute approximate surface area is 180 Å². The molecule has 0 spiro atoms. The van der Waals surface area contributed by atoms with E-state index in [0.717, 1.165) is 68.8 Å². The van der Waals surface area contributed by atoms with E-state index in [9.17, 15) is 18.0 Å². The number of nitrogens with zero attached hydrogens (tertiary/aromatic N) is 3. The highest BCUT2D eigenvalue weighted by atomic mass is 19.4. The lowest BCUT2D eigenvalue weighted by atomic mass is 9.94. The standard InChI is InChI=1S/C23H27F3N4O/c24-23(25,26)18-3-5-20(6-4-18)30-13-1-2-19(16-30)28-22(31)17-9-14-29(15-10-17)21-7-11-27-12-8-21/h3-8,11-12,17,19H,1-2,9-10,13-16H2,(H,28,31)/t19-/m1/s1. The fraction of sp³-hybridized carbons (Fsp3) is 0.478. The molecule has 0 saturated carbocycles. The van der Waals surface area contributed by atoms with Crippen molar-refractivity contribution in [1.29, 1.82) is 0 Å². The largest absolute Gasteiger partial charge is 0.416 e. The lowest BCUT2D eigenvalue weighted by Crippen LogP contribution is -2.50. The maximum Gasteiger partial charge on any atom is 0.416 e. The summed E-state index contributed by atoms with van der Waals surface area (Å²) in [4.78, 5) is 21.2. The molecule has 4 rings (SSSR count). The highest BCUT2D eigenvalue weighted by molar-refractivity contribution is 5.79. The second kappa shape index (κ2) is 9.16. The summed E-state index contributed by atoms with van der Waals surface area (Å²) >= 11 is 0. The molecule has 0 unspecified atom stereocenters. The number of hydrogen-bond donors (Lipinski definition) is 1. The Morgan fingerprint density at radius 1 is 0.903 bits per heavy atom. The molecule has 2 saturated heterocycles. The van der Waals surface area contributed by atoms with Gasteiger partial charge in [-0.05, 0) is 62.1 Å². The molecule has 1 aromatic carbocycles. The van der Waals surface area contributed by atoms with E-state index in [2.05, 4.69) is 20.1 Å². The van der Waals surface area contributed by atoms with Crippen molar-refractivity contribution < 1.29 is 18.0 Å². The van der Waals surface area contributed by atoms with E-state index in [-0.39, 0.29) is 17.9 Å². The number of halogens is 3. The summed E-state index contributed by atoms with van der Waals surface area (Å²) < 4.78 is 38.4. The van der Waals surface area contributed by atoms with Crippen LogP contribution in [0.3, 0.4) is 0 Å². The van der Waals surface area contributed by atoms with Crippen LogP contribution in [-0.2, 0) is 11.0 Å². The molecule has 166 valence electrons. The van der Waals surface area contributed by atoms with E-state index in [1.165, 1.54) is 12.1 Å². The van der Waals surface area contributed by atoms with Crippen LogP contribution >= 0.6 is 0 Å². The lowest BCUT2D eigenvalue weighted by Gasteiger charge is -2.37. The van der Waals surface area contributed by atoms with Crippen molar-refractivity contribution in [3.63, 3.8) is 0 Å². The molecule has 2 aliphatic rings. The molecule has 1 N–H and O–H groups in total. The van der Waals surface area contributed by atoms with Crippen LogP contribution in [0.5, 0.6) is 0 Å². The van der Waals surface area contributed by atoms with Gasteiger partial charge in [0.25, 0.3) is 0 Å². The summed E-state index contributed by atoms with van der Waals surface area (Å²) in [5.74, 6) is 0.0909. The Morgan fingerprint density at radius 2 is 1.55 bits per heavy atom. The van der Waals surface area contributed by atoms with Crippen molar-refractivity contribution in [1.82, 2.24) is 10.3 Å². The minimum Gasteiger partial charge on any atom is -0.371 e. The van der Waals surface area contributed by atoms with Crippen molar-refractivity contribution in [2.75, 3.05) is 36.0 Å². The molecule has 0 aliphatic carbocycles. The number of carbonyl (C=O) groups excluding carboxylic acids is 1. The molecule has 0 bridgehead atoms. The first-order valence-electron chi connectivity index (χ1n) is 10.8. The first-order chi connectivity index (χ1) is 14.9. The number of pyridine rings is 1. The molecule has 2 aliphatic heterocycles. The van der Waals surface area contributed by atoms with Crippen LogP contribution in [0.25, 0.3) is 0 Å². The number of anilines is 2. The summed E-state index contributed by atoms with van der Waals surface area (Å²) in [6, 6.07) is 9.25. The number of benzene rings is 1. The quantitative estimate of drug-likeness (QED) is 0.790. The molecule has 5 nitrogen and oxygen atoms in total. The Bertz CT molecular complexity index is 865. The van der Waals surface area contributed by atoms with Crippen LogP contribution in [0.15, 0.2) is 48.8 Å². The molecule has 2 aromatic rings. The van der Waals surface area contributed by atoms with Crippen LogP contribution in [0.4, 0.5) is 24.5 Å². The smallest absolute Gasteiger partial charge is 0.371 e. The SMILES string of the molecule is O=C(N[C@@H]1CCCN(c2ccc(C(F)(F)F)cc2)C1)C1CCN(c2ccncc2)CC1. The first kappa shape index (κ1) is 21.5. The molecule has 2 fully saturated rings. The van der Waals surface area contributed by atoms with Gasteiger partial charge in [0, 0.05) is 61.9 Å². The second-order valence-corrected chi connectivity index (χ2v) is 8.31. The molecule has 31 heavy (non-hydrogen) atoms. The molecular formula is C23H27F3N4O. The normalized spacial score (nSPS) is 20.5. The van der Waals surface area contributed by atoms with Gasteiger partial charge >= 0.3 is 6.18 Å². The number of rotatable bonds is 4. The van der Waals surface area contributed by atoms with Crippen LogP contribution < -0.4 is 15.1 Å². The van der Waals surface area contributed by atoms with E-state index < -0.39 is 11.7 Å². The Balaban J connectivity index is 1.29. The fourth-order valence-corrected chi connectivity index (χ4v) is 4.46.